The van der Waals surface area contributed by atoms with Gasteiger partial charge in [-0.1, -0.05) is 24.3 Å². The van der Waals surface area contributed by atoms with Crippen LogP contribution >= 0.6 is 0 Å². The normalized spacial score (nSPS) is 19.9. The molecule has 2 fully saturated rings. The van der Waals surface area contributed by atoms with Crippen LogP contribution in [-0.4, -0.2) is 48.1 Å². The Morgan fingerprint density at radius 3 is 2.43 bits per heavy atom. The number of hydrogen-bond acceptors (Lipinski definition) is 5. The van der Waals surface area contributed by atoms with Gasteiger partial charge in [-0.3, -0.25) is 9.59 Å². The van der Waals surface area contributed by atoms with Gasteiger partial charge in [0.2, 0.25) is 0 Å². The molecule has 1 saturated heterocycles. The predicted molar refractivity (Wildman–Crippen MR) is 123 cm³/mol. The molecular formula is C25H29F3N4O3. The van der Waals surface area contributed by atoms with Gasteiger partial charge >= 0.3 is 12.1 Å². The van der Waals surface area contributed by atoms with Crippen molar-refractivity contribution in [3.05, 3.63) is 59.4 Å². The van der Waals surface area contributed by atoms with Gasteiger partial charge in [0.05, 0.1) is 12.2 Å². The number of nitrogens with zero attached hydrogens (tertiary/aromatic N) is 1. The van der Waals surface area contributed by atoms with Crippen molar-refractivity contribution in [2.75, 3.05) is 13.1 Å². The van der Waals surface area contributed by atoms with Gasteiger partial charge in [0.1, 0.15) is 17.5 Å². The van der Waals surface area contributed by atoms with Crippen LogP contribution in [0.4, 0.5) is 13.2 Å². The number of piperidine rings is 1. The second-order valence-electron chi connectivity index (χ2n) is 9.14. The van der Waals surface area contributed by atoms with Crippen molar-refractivity contribution >= 4 is 11.8 Å². The summed E-state index contributed by atoms with van der Waals surface area (Å²) in [5.74, 6) is -1.54. The van der Waals surface area contributed by atoms with Crippen molar-refractivity contribution in [3.8, 4) is 5.75 Å². The van der Waals surface area contributed by atoms with Crippen LogP contribution in [0.3, 0.4) is 0 Å². The number of ether oxygens (including phenoxy) is 1. The molecule has 1 aliphatic heterocycles. The number of carbonyl (C=O) groups excluding carboxylic acids is 2. The summed E-state index contributed by atoms with van der Waals surface area (Å²) >= 11 is 0. The lowest BCUT2D eigenvalue weighted by atomic mass is 10.00. The third-order valence-electron chi connectivity index (χ3n) is 6.25. The van der Waals surface area contributed by atoms with Crippen LogP contribution in [0.2, 0.25) is 0 Å². The topological polar surface area (TPSA) is 92.3 Å². The molecule has 4 rings (SSSR count). The molecule has 2 aliphatic rings. The van der Waals surface area contributed by atoms with E-state index in [4.69, 9.17) is 4.74 Å². The quantitative estimate of drug-likeness (QED) is 0.526. The lowest BCUT2D eigenvalue weighted by Gasteiger charge is -2.27. The van der Waals surface area contributed by atoms with E-state index in [0.29, 0.717) is 18.0 Å². The number of aromatic nitrogens is 1. The van der Waals surface area contributed by atoms with Gasteiger partial charge < -0.3 is 20.7 Å². The van der Waals surface area contributed by atoms with Crippen LogP contribution in [0, 0.1) is 0 Å². The van der Waals surface area contributed by atoms with E-state index in [1.54, 1.807) is 6.07 Å². The highest BCUT2D eigenvalue weighted by atomic mass is 19.4. The molecule has 0 spiro atoms. The molecule has 3 N–H and O–H groups in total. The molecule has 1 saturated carbocycles. The number of pyridine rings is 1. The minimum absolute atomic E-state index is 0.0371. The minimum atomic E-state index is -5.00. The summed E-state index contributed by atoms with van der Waals surface area (Å²) in [5.41, 5.74) is 2.01. The van der Waals surface area contributed by atoms with E-state index < -0.39 is 24.2 Å². The van der Waals surface area contributed by atoms with Crippen LogP contribution in [0.1, 0.15) is 66.2 Å². The van der Waals surface area contributed by atoms with Gasteiger partial charge in [0, 0.05) is 12.6 Å². The first-order valence-electron chi connectivity index (χ1n) is 11.8. The summed E-state index contributed by atoms with van der Waals surface area (Å²) in [6, 6.07) is 9.59. The lowest BCUT2D eigenvalue weighted by Crippen LogP contribution is -2.45. The fraction of sp³-hybridized carbons (Fsp3) is 0.480. The van der Waals surface area contributed by atoms with E-state index in [1.807, 2.05) is 29.6 Å². The van der Waals surface area contributed by atoms with Crippen molar-refractivity contribution in [2.45, 2.75) is 62.9 Å². The average Bonchev–Trinajstić information content (AvgIpc) is 3.68. The van der Waals surface area contributed by atoms with E-state index in [2.05, 4.69) is 15.6 Å². The average molecular weight is 491 g/mol. The smallest absolute Gasteiger partial charge is 0.471 e. The molecule has 3 atom stereocenters. The molecule has 7 nitrogen and oxygen atoms in total. The first-order valence-corrected chi connectivity index (χ1v) is 11.8. The Morgan fingerprint density at radius 1 is 1.11 bits per heavy atom. The molecule has 2 amide bonds. The molecule has 2 heterocycles. The molecule has 2 aromatic rings. The van der Waals surface area contributed by atoms with Gasteiger partial charge in [-0.05, 0) is 68.3 Å². The lowest BCUT2D eigenvalue weighted by molar-refractivity contribution is -0.174. The second kappa shape index (κ2) is 10.6. The van der Waals surface area contributed by atoms with Gasteiger partial charge in [0.25, 0.3) is 5.91 Å². The fourth-order valence-electron chi connectivity index (χ4n) is 4.16. The van der Waals surface area contributed by atoms with Gasteiger partial charge in [-0.2, -0.15) is 13.2 Å². The molecule has 0 radical (unpaired) electrons. The Kier molecular flexibility index (Phi) is 7.59. The summed E-state index contributed by atoms with van der Waals surface area (Å²) in [6.07, 6.45) is -0.415. The van der Waals surface area contributed by atoms with Gasteiger partial charge in [-0.25, -0.2) is 4.98 Å². The molecule has 1 aliphatic carbocycles. The summed E-state index contributed by atoms with van der Waals surface area (Å²) in [6.45, 7) is 3.09. The van der Waals surface area contributed by atoms with Crippen LogP contribution in [-0.2, 0) is 4.79 Å². The molecular weight excluding hydrogens is 461 g/mol. The Hall–Kier alpha value is -3.14. The van der Waals surface area contributed by atoms with Crippen molar-refractivity contribution in [1.29, 1.82) is 0 Å². The maximum absolute atomic E-state index is 12.8. The van der Waals surface area contributed by atoms with Gasteiger partial charge in [-0.15, -0.1) is 0 Å². The van der Waals surface area contributed by atoms with Crippen LogP contribution in [0.25, 0.3) is 0 Å². The van der Waals surface area contributed by atoms with Crippen molar-refractivity contribution < 1.29 is 27.5 Å². The van der Waals surface area contributed by atoms with Crippen LogP contribution in [0.15, 0.2) is 42.6 Å². The highest BCUT2D eigenvalue weighted by Crippen LogP contribution is 2.40. The Bertz CT molecular complexity index is 1020. The van der Waals surface area contributed by atoms with E-state index in [9.17, 15) is 22.8 Å². The SMILES string of the molecule is C[C@H](NC(=O)C(F)(F)F)[C@H](Oc1ccc(C(=O)N[C@H]2CCCNC2)nc1)c1ccc(C2CC2)cc1. The first kappa shape index (κ1) is 25.0. The highest BCUT2D eigenvalue weighted by molar-refractivity contribution is 5.92. The number of benzene rings is 1. The maximum atomic E-state index is 12.8. The zero-order valence-electron chi connectivity index (χ0n) is 19.4. The van der Waals surface area contributed by atoms with E-state index in [1.165, 1.54) is 24.8 Å². The Morgan fingerprint density at radius 2 is 1.86 bits per heavy atom. The maximum Gasteiger partial charge on any atom is 0.471 e. The van der Waals surface area contributed by atoms with Crippen molar-refractivity contribution in [2.24, 2.45) is 0 Å². The number of amides is 2. The summed E-state index contributed by atoms with van der Waals surface area (Å²) in [7, 11) is 0. The number of halogens is 3. The molecule has 35 heavy (non-hydrogen) atoms. The summed E-state index contributed by atoms with van der Waals surface area (Å²) in [4.78, 5) is 28.2. The zero-order chi connectivity index (χ0) is 25.0. The molecule has 188 valence electrons. The monoisotopic (exact) mass is 490 g/mol. The number of rotatable bonds is 8. The molecule has 0 unspecified atom stereocenters. The Labute approximate surface area is 201 Å². The van der Waals surface area contributed by atoms with E-state index in [0.717, 1.165) is 32.2 Å². The first-order chi connectivity index (χ1) is 16.7. The van der Waals surface area contributed by atoms with Crippen molar-refractivity contribution in [3.63, 3.8) is 0 Å². The predicted octanol–water partition coefficient (Wildman–Crippen LogP) is 3.63. The van der Waals surface area contributed by atoms with Crippen LogP contribution < -0.4 is 20.7 Å². The second-order valence-corrected chi connectivity index (χ2v) is 9.14. The molecule has 1 aromatic carbocycles. The minimum Gasteiger partial charge on any atom is -0.482 e. The standard InChI is InChI=1S/C25H29F3N4O3/c1-15(31-24(34)25(26,27)28)22(18-8-6-17(7-9-18)16-4-5-16)35-20-10-11-21(30-14-20)23(33)32-19-3-2-12-29-13-19/h6-11,14-16,19,22,29H,2-5,12-13H2,1H3,(H,31,34)(H,32,33)/t15-,19-,22-/m0/s1. The number of alkyl halides is 3. The number of nitrogens with one attached hydrogen (secondary N) is 3. The largest absolute Gasteiger partial charge is 0.482 e. The third-order valence-corrected chi connectivity index (χ3v) is 6.25. The molecule has 0 bridgehead atoms. The fourth-order valence-corrected chi connectivity index (χ4v) is 4.16. The Balaban J connectivity index is 1.47. The molecule has 10 heteroatoms. The third kappa shape index (κ3) is 6.72. The van der Waals surface area contributed by atoms with Crippen molar-refractivity contribution in [1.82, 2.24) is 20.9 Å². The zero-order valence-corrected chi connectivity index (χ0v) is 19.4. The van der Waals surface area contributed by atoms with E-state index in [-0.39, 0.29) is 23.4 Å². The summed E-state index contributed by atoms with van der Waals surface area (Å²) in [5, 5.41) is 8.15. The van der Waals surface area contributed by atoms with Crippen LogP contribution in [0.5, 0.6) is 5.75 Å². The number of hydrogen-bond donors (Lipinski definition) is 3. The summed E-state index contributed by atoms with van der Waals surface area (Å²) < 4.78 is 44.5. The highest BCUT2D eigenvalue weighted by Gasteiger charge is 2.40. The number of carbonyl (C=O) groups is 2. The van der Waals surface area contributed by atoms with Gasteiger partial charge in [0.15, 0.2) is 0 Å². The molecule has 1 aromatic heterocycles. The van der Waals surface area contributed by atoms with E-state index >= 15 is 0 Å².